The Balaban J connectivity index is 1.86. The highest BCUT2D eigenvalue weighted by Gasteiger charge is 2.52. The average Bonchev–Trinajstić information content (AvgIpc) is 3.06. The summed E-state index contributed by atoms with van der Waals surface area (Å²) in [6.45, 7) is 4.41. The maximum atomic E-state index is 13.2. The van der Waals surface area contributed by atoms with Crippen LogP contribution in [0.4, 0.5) is 0 Å². The van der Waals surface area contributed by atoms with Crippen molar-refractivity contribution < 1.29 is 19.1 Å². The SMILES string of the molecule is COCCN1CCCC2(CCCN2C(=O)c2ccc(OC)c(C)c2)C1=O. The largest absolute Gasteiger partial charge is 0.496 e. The van der Waals surface area contributed by atoms with Crippen molar-refractivity contribution in [3.05, 3.63) is 29.3 Å². The summed E-state index contributed by atoms with van der Waals surface area (Å²) in [6.07, 6.45) is 3.28. The van der Waals surface area contributed by atoms with Crippen molar-refractivity contribution in [2.24, 2.45) is 0 Å². The second-order valence-electron chi connectivity index (χ2n) is 7.16. The highest BCUT2D eigenvalue weighted by molar-refractivity contribution is 6.00. The molecule has 2 aliphatic heterocycles. The monoisotopic (exact) mass is 360 g/mol. The number of ether oxygens (including phenoxy) is 2. The van der Waals surface area contributed by atoms with E-state index in [9.17, 15) is 9.59 Å². The van der Waals surface area contributed by atoms with Crippen molar-refractivity contribution in [3.63, 3.8) is 0 Å². The van der Waals surface area contributed by atoms with Crippen LogP contribution in [0.5, 0.6) is 5.75 Å². The predicted octanol–water partition coefficient (Wildman–Crippen LogP) is 2.25. The van der Waals surface area contributed by atoms with Gasteiger partial charge in [-0.15, -0.1) is 0 Å². The molecule has 0 N–H and O–H groups in total. The van der Waals surface area contributed by atoms with Crippen molar-refractivity contribution in [1.29, 1.82) is 0 Å². The summed E-state index contributed by atoms with van der Waals surface area (Å²) in [6, 6.07) is 5.46. The number of piperidine rings is 1. The van der Waals surface area contributed by atoms with E-state index in [1.54, 1.807) is 20.3 Å². The highest BCUT2D eigenvalue weighted by atomic mass is 16.5. The summed E-state index contributed by atoms with van der Waals surface area (Å²) in [5, 5.41) is 0. The van der Waals surface area contributed by atoms with Gasteiger partial charge in [0.15, 0.2) is 0 Å². The van der Waals surface area contributed by atoms with Crippen LogP contribution >= 0.6 is 0 Å². The molecule has 2 fully saturated rings. The number of nitrogens with zero attached hydrogens (tertiary/aromatic N) is 2. The first kappa shape index (κ1) is 18.7. The zero-order valence-corrected chi connectivity index (χ0v) is 15.9. The van der Waals surface area contributed by atoms with Gasteiger partial charge in [-0.3, -0.25) is 9.59 Å². The molecule has 0 radical (unpaired) electrons. The lowest BCUT2D eigenvalue weighted by Crippen LogP contribution is -2.61. The van der Waals surface area contributed by atoms with Crippen molar-refractivity contribution in [1.82, 2.24) is 9.80 Å². The van der Waals surface area contributed by atoms with Crippen LogP contribution in [0.1, 0.15) is 41.6 Å². The number of likely N-dealkylation sites (tertiary alicyclic amines) is 2. The quantitative estimate of drug-likeness (QED) is 0.808. The van der Waals surface area contributed by atoms with Gasteiger partial charge < -0.3 is 19.3 Å². The van der Waals surface area contributed by atoms with Gasteiger partial charge in [-0.05, 0) is 56.4 Å². The van der Waals surface area contributed by atoms with Crippen LogP contribution in [-0.4, -0.2) is 67.6 Å². The summed E-state index contributed by atoms with van der Waals surface area (Å²) >= 11 is 0. The van der Waals surface area contributed by atoms with E-state index in [1.807, 2.05) is 28.9 Å². The van der Waals surface area contributed by atoms with E-state index in [0.29, 0.717) is 25.3 Å². The summed E-state index contributed by atoms with van der Waals surface area (Å²) in [7, 11) is 3.26. The summed E-state index contributed by atoms with van der Waals surface area (Å²) < 4.78 is 10.4. The van der Waals surface area contributed by atoms with Crippen molar-refractivity contribution in [3.8, 4) is 5.75 Å². The minimum atomic E-state index is -0.684. The third kappa shape index (κ3) is 3.18. The van der Waals surface area contributed by atoms with Crippen LogP contribution < -0.4 is 4.74 Å². The average molecular weight is 360 g/mol. The van der Waals surface area contributed by atoms with Crippen molar-refractivity contribution >= 4 is 11.8 Å². The first-order valence-corrected chi connectivity index (χ1v) is 9.28. The van der Waals surface area contributed by atoms with Crippen LogP contribution in [0.15, 0.2) is 18.2 Å². The molecule has 6 heteroatoms. The Labute approximate surface area is 155 Å². The van der Waals surface area contributed by atoms with Gasteiger partial charge in [-0.2, -0.15) is 0 Å². The summed E-state index contributed by atoms with van der Waals surface area (Å²) in [5.74, 6) is 0.782. The maximum Gasteiger partial charge on any atom is 0.254 e. The van der Waals surface area contributed by atoms with Crippen LogP contribution in [-0.2, 0) is 9.53 Å². The Morgan fingerprint density at radius 1 is 1.19 bits per heavy atom. The van der Waals surface area contributed by atoms with Gasteiger partial charge >= 0.3 is 0 Å². The van der Waals surface area contributed by atoms with Crippen molar-refractivity contribution in [2.75, 3.05) is 40.5 Å². The second kappa shape index (κ2) is 7.66. The van der Waals surface area contributed by atoms with Crippen LogP contribution in [0.3, 0.4) is 0 Å². The molecule has 2 heterocycles. The molecule has 0 aliphatic carbocycles. The van der Waals surface area contributed by atoms with E-state index in [-0.39, 0.29) is 11.8 Å². The van der Waals surface area contributed by atoms with E-state index in [0.717, 1.165) is 43.5 Å². The maximum absolute atomic E-state index is 13.2. The molecule has 1 aromatic carbocycles. The van der Waals surface area contributed by atoms with Gasteiger partial charge in [0.2, 0.25) is 5.91 Å². The number of carbonyl (C=O) groups excluding carboxylic acids is 2. The molecular weight excluding hydrogens is 332 g/mol. The number of aryl methyl sites for hydroxylation is 1. The normalized spacial score (nSPS) is 23.0. The molecule has 142 valence electrons. The Bertz CT molecular complexity index is 690. The fourth-order valence-electron chi connectivity index (χ4n) is 4.30. The standard InChI is InChI=1S/C20H28N2O4/c1-15-14-16(6-7-17(15)26-3)18(23)22-11-5-9-20(22)8-4-10-21(19(20)24)12-13-25-2/h6-7,14H,4-5,8-13H2,1-3H3. The third-order valence-corrected chi connectivity index (χ3v) is 5.64. The molecule has 2 saturated heterocycles. The molecule has 0 bridgehead atoms. The molecule has 3 rings (SSSR count). The Hall–Kier alpha value is -2.08. The molecule has 0 aromatic heterocycles. The van der Waals surface area contributed by atoms with Gasteiger partial charge in [0.05, 0.1) is 13.7 Å². The molecule has 0 saturated carbocycles. The van der Waals surface area contributed by atoms with Gasteiger partial charge in [-0.1, -0.05) is 0 Å². The number of amides is 2. The van der Waals surface area contributed by atoms with Gasteiger partial charge in [0, 0.05) is 32.3 Å². The summed E-state index contributed by atoms with van der Waals surface area (Å²) in [5.41, 5.74) is 0.853. The fraction of sp³-hybridized carbons (Fsp3) is 0.600. The van der Waals surface area contributed by atoms with E-state index in [1.165, 1.54) is 0 Å². The molecule has 6 nitrogen and oxygen atoms in total. The van der Waals surface area contributed by atoms with Crippen LogP contribution in [0, 0.1) is 6.92 Å². The number of hydrogen-bond acceptors (Lipinski definition) is 4. The third-order valence-electron chi connectivity index (χ3n) is 5.64. The first-order chi connectivity index (χ1) is 12.5. The minimum Gasteiger partial charge on any atom is -0.496 e. The van der Waals surface area contributed by atoms with Gasteiger partial charge in [0.1, 0.15) is 11.3 Å². The van der Waals surface area contributed by atoms with Crippen molar-refractivity contribution in [2.45, 2.75) is 38.1 Å². The second-order valence-corrected chi connectivity index (χ2v) is 7.16. The first-order valence-electron chi connectivity index (χ1n) is 9.28. The minimum absolute atomic E-state index is 0.0600. The van der Waals surface area contributed by atoms with E-state index < -0.39 is 5.54 Å². The number of hydrogen-bond donors (Lipinski definition) is 0. The lowest BCUT2D eigenvalue weighted by molar-refractivity contribution is -0.146. The van der Waals surface area contributed by atoms with E-state index >= 15 is 0 Å². The Kier molecular flexibility index (Phi) is 5.51. The topological polar surface area (TPSA) is 59.1 Å². The molecule has 2 aliphatic rings. The number of methoxy groups -OCH3 is 2. The highest BCUT2D eigenvalue weighted by Crippen LogP contribution is 2.39. The molecule has 1 aromatic rings. The van der Waals surface area contributed by atoms with Crippen LogP contribution in [0.25, 0.3) is 0 Å². The molecule has 1 atom stereocenters. The van der Waals surface area contributed by atoms with E-state index in [2.05, 4.69) is 0 Å². The molecule has 2 amide bonds. The Morgan fingerprint density at radius 3 is 2.58 bits per heavy atom. The van der Waals surface area contributed by atoms with E-state index in [4.69, 9.17) is 9.47 Å². The zero-order valence-electron chi connectivity index (χ0n) is 15.9. The fourth-order valence-corrected chi connectivity index (χ4v) is 4.30. The number of rotatable bonds is 5. The predicted molar refractivity (Wildman–Crippen MR) is 98.4 cm³/mol. The number of carbonyl (C=O) groups is 2. The molecular formula is C20H28N2O4. The number of benzene rings is 1. The smallest absolute Gasteiger partial charge is 0.254 e. The lowest BCUT2D eigenvalue weighted by Gasteiger charge is -2.44. The molecule has 1 spiro atoms. The molecule has 1 unspecified atom stereocenters. The van der Waals surface area contributed by atoms with Crippen LogP contribution in [0.2, 0.25) is 0 Å². The zero-order chi connectivity index (χ0) is 18.7. The Morgan fingerprint density at radius 2 is 1.92 bits per heavy atom. The molecule has 26 heavy (non-hydrogen) atoms. The lowest BCUT2D eigenvalue weighted by atomic mass is 9.85. The van der Waals surface area contributed by atoms with Gasteiger partial charge in [-0.25, -0.2) is 0 Å². The van der Waals surface area contributed by atoms with Gasteiger partial charge in [0.25, 0.3) is 5.91 Å². The summed E-state index contributed by atoms with van der Waals surface area (Å²) in [4.78, 5) is 30.1.